The molecule has 0 radical (unpaired) electrons. The smallest absolute Gasteiger partial charge is 0.194 e. The minimum absolute atomic E-state index is 0.546. The van der Waals surface area contributed by atoms with Crippen LogP contribution in [0.4, 0.5) is 17.1 Å². The van der Waals surface area contributed by atoms with Gasteiger partial charge in [-0.05, 0) is 83.9 Å². The van der Waals surface area contributed by atoms with Crippen LogP contribution in [0.2, 0.25) is 0 Å². The molecule has 0 bridgehead atoms. The van der Waals surface area contributed by atoms with E-state index in [0.29, 0.717) is 23.0 Å². The molecule has 3 aliphatic rings. The molecule has 1 spiro atoms. The maximum absolute atomic E-state index is 7.15. The van der Waals surface area contributed by atoms with Crippen LogP contribution in [0.3, 0.4) is 0 Å². The highest BCUT2D eigenvalue weighted by atomic mass is 16.5. The number of hydrogen-bond donors (Lipinski definition) is 0. The summed E-state index contributed by atoms with van der Waals surface area (Å²) in [7, 11) is 0. The molecule has 8 aromatic carbocycles. The van der Waals surface area contributed by atoms with E-state index >= 15 is 0 Å². The van der Waals surface area contributed by atoms with Crippen LogP contribution in [0.1, 0.15) is 22.3 Å². The molecule has 69 heavy (non-hydrogen) atoms. The fourth-order valence-electron chi connectivity index (χ4n) is 11.2. The van der Waals surface area contributed by atoms with Gasteiger partial charge in [-0.2, -0.15) is 0 Å². The van der Waals surface area contributed by atoms with E-state index < -0.39 is 5.41 Å². The Labute approximate surface area is 396 Å². The largest absolute Gasteiger partial charge is 0.453 e. The van der Waals surface area contributed by atoms with Crippen molar-refractivity contribution in [1.29, 1.82) is 0 Å². The fraction of sp³-hybridized carbons (Fsp3) is 0.0164. The van der Waals surface area contributed by atoms with Crippen LogP contribution in [0.25, 0.3) is 72.6 Å². The zero-order valence-corrected chi connectivity index (χ0v) is 36.8. The molecule has 12 aromatic rings. The van der Waals surface area contributed by atoms with Gasteiger partial charge < -0.3 is 18.9 Å². The summed E-state index contributed by atoms with van der Waals surface area (Å²) in [5.41, 5.74) is 14.2. The van der Waals surface area contributed by atoms with Gasteiger partial charge in [0.1, 0.15) is 11.4 Å². The summed E-state index contributed by atoms with van der Waals surface area (Å²) in [6.45, 7) is 0. The third-order valence-electron chi connectivity index (χ3n) is 14.1. The minimum atomic E-state index is -0.857. The van der Waals surface area contributed by atoms with E-state index in [1.165, 1.54) is 10.8 Å². The summed E-state index contributed by atoms with van der Waals surface area (Å²) in [4.78, 5) is 23.2. The van der Waals surface area contributed by atoms with E-state index in [4.69, 9.17) is 29.4 Å². The molecule has 8 heteroatoms. The molecule has 2 aliphatic heterocycles. The zero-order valence-electron chi connectivity index (χ0n) is 36.8. The van der Waals surface area contributed by atoms with Crippen LogP contribution in [0, 0.1) is 0 Å². The van der Waals surface area contributed by atoms with Gasteiger partial charge in [-0.1, -0.05) is 140 Å². The van der Waals surface area contributed by atoms with E-state index in [9.17, 15) is 0 Å². The van der Waals surface area contributed by atoms with E-state index in [0.717, 1.165) is 101 Å². The van der Waals surface area contributed by atoms with Crippen molar-refractivity contribution in [3.8, 4) is 62.8 Å². The van der Waals surface area contributed by atoms with Gasteiger partial charge in [-0.15, -0.1) is 0 Å². The van der Waals surface area contributed by atoms with Crippen molar-refractivity contribution >= 4 is 49.8 Å². The number of para-hydroxylation sites is 6. The molecule has 4 aromatic heterocycles. The van der Waals surface area contributed by atoms with E-state index in [1.54, 1.807) is 0 Å². The van der Waals surface area contributed by atoms with Gasteiger partial charge in [-0.3, -0.25) is 4.98 Å². The average molecular weight is 885 g/mol. The predicted molar refractivity (Wildman–Crippen MR) is 272 cm³/mol. The Hall–Kier alpha value is -9.40. The van der Waals surface area contributed by atoms with Crippen LogP contribution < -0.4 is 14.4 Å². The highest BCUT2D eigenvalue weighted by molar-refractivity contribution is 6.10. The lowest BCUT2D eigenvalue weighted by Crippen LogP contribution is -2.33. The van der Waals surface area contributed by atoms with Crippen molar-refractivity contribution in [2.24, 2.45) is 0 Å². The SMILES string of the molecule is c1ccc(-c2nc(-c3ccc4c(n3)-c3ncccc3C43c4ccccc4Oc4c3ccc3c4Oc4ccccc4N3c3ccc4c5ccccc5n(-c5ccccc5)c4c3)nc3ccccc23)cc1. The van der Waals surface area contributed by atoms with Gasteiger partial charge in [-0.25, -0.2) is 15.0 Å². The lowest BCUT2D eigenvalue weighted by Gasteiger charge is -2.41. The molecule has 1 aliphatic carbocycles. The summed E-state index contributed by atoms with van der Waals surface area (Å²) < 4.78 is 16.6. The lowest BCUT2D eigenvalue weighted by molar-refractivity contribution is 0.391. The van der Waals surface area contributed by atoms with Gasteiger partial charge in [0.05, 0.1) is 50.4 Å². The summed E-state index contributed by atoms with van der Waals surface area (Å²) in [5, 5.41) is 3.37. The Morgan fingerprint density at radius 2 is 1.10 bits per heavy atom. The first-order chi connectivity index (χ1) is 34.2. The molecule has 0 saturated heterocycles. The summed E-state index contributed by atoms with van der Waals surface area (Å²) in [5.74, 6) is 3.28. The number of hydrogen-bond acceptors (Lipinski definition) is 7. The summed E-state index contributed by atoms with van der Waals surface area (Å²) in [6, 6.07) is 73.8. The second kappa shape index (κ2) is 14.3. The molecule has 0 N–H and O–H groups in total. The number of aromatic nitrogens is 5. The van der Waals surface area contributed by atoms with Crippen molar-refractivity contribution in [3.63, 3.8) is 0 Å². The number of anilines is 3. The normalized spacial score (nSPS) is 14.9. The molecule has 15 rings (SSSR count). The topological polar surface area (TPSA) is 78.2 Å². The van der Waals surface area contributed by atoms with Crippen LogP contribution >= 0.6 is 0 Å². The number of pyridine rings is 2. The molecule has 1 atom stereocenters. The van der Waals surface area contributed by atoms with Crippen molar-refractivity contribution in [1.82, 2.24) is 24.5 Å². The molecule has 0 fully saturated rings. The zero-order chi connectivity index (χ0) is 45.2. The quantitative estimate of drug-likeness (QED) is 0.174. The second-order valence-corrected chi connectivity index (χ2v) is 17.7. The first-order valence-corrected chi connectivity index (χ1v) is 23.1. The first kappa shape index (κ1) is 37.8. The molecule has 8 nitrogen and oxygen atoms in total. The van der Waals surface area contributed by atoms with Gasteiger partial charge in [0, 0.05) is 50.4 Å². The van der Waals surface area contributed by atoms with Gasteiger partial charge in [0.25, 0.3) is 0 Å². The van der Waals surface area contributed by atoms with Crippen molar-refractivity contribution in [2.75, 3.05) is 4.90 Å². The van der Waals surface area contributed by atoms with Crippen LogP contribution in [-0.2, 0) is 5.41 Å². The Morgan fingerprint density at radius 1 is 0.406 bits per heavy atom. The molecule has 1 unspecified atom stereocenters. The highest BCUT2D eigenvalue weighted by Gasteiger charge is 2.54. The molecule has 0 saturated carbocycles. The minimum Gasteiger partial charge on any atom is -0.453 e. The Bertz CT molecular complexity index is 4110. The molecule has 0 amide bonds. The summed E-state index contributed by atoms with van der Waals surface area (Å²) >= 11 is 0. The fourth-order valence-corrected chi connectivity index (χ4v) is 11.2. The third-order valence-corrected chi connectivity index (χ3v) is 14.1. The summed E-state index contributed by atoms with van der Waals surface area (Å²) in [6.07, 6.45) is 1.85. The maximum atomic E-state index is 7.15. The first-order valence-electron chi connectivity index (χ1n) is 23.1. The van der Waals surface area contributed by atoms with E-state index in [-0.39, 0.29) is 0 Å². The molecular formula is C61H36N6O2. The lowest BCUT2D eigenvalue weighted by atomic mass is 9.66. The number of nitrogens with zero attached hydrogens (tertiary/aromatic N) is 6. The third kappa shape index (κ3) is 5.28. The number of fused-ring (bicyclic) bond motifs is 16. The average Bonchev–Trinajstić information content (AvgIpc) is 3.90. The maximum Gasteiger partial charge on any atom is 0.194 e. The Balaban J connectivity index is 0.947. The van der Waals surface area contributed by atoms with Crippen molar-refractivity contribution in [3.05, 3.63) is 241 Å². The van der Waals surface area contributed by atoms with Gasteiger partial charge in [0.2, 0.25) is 0 Å². The van der Waals surface area contributed by atoms with Crippen LogP contribution in [0.15, 0.2) is 219 Å². The molecule has 322 valence electrons. The predicted octanol–water partition coefficient (Wildman–Crippen LogP) is 14.9. The molecule has 6 heterocycles. The monoisotopic (exact) mass is 884 g/mol. The van der Waals surface area contributed by atoms with Gasteiger partial charge in [0.15, 0.2) is 23.1 Å². The second-order valence-electron chi connectivity index (χ2n) is 17.7. The van der Waals surface area contributed by atoms with E-state index in [1.807, 2.05) is 72.9 Å². The standard InChI is InChI=1S/C61H36N6O2/c1-3-16-37(17-4-1)55-42-21-7-10-24-47(42)64-60(65-55)48-33-31-45-57(63-48)56-44(23-15-35-62-56)61(45)43-22-9-13-27-53(43)68-58-46(61)32-34-51-59(58)69-54-28-14-12-26-50(54)67(51)39-29-30-41-40-20-8-11-25-49(40)66(52(41)36-39)38-18-5-2-6-19-38/h1-36H. The van der Waals surface area contributed by atoms with Crippen LogP contribution in [0.5, 0.6) is 23.0 Å². The van der Waals surface area contributed by atoms with Crippen LogP contribution in [-0.4, -0.2) is 24.5 Å². The van der Waals surface area contributed by atoms with Gasteiger partial charge >= 0.3 is 0 Å². The Kier molecular flexibility index (Phi) is 7.83. The number of ether oxygens (including phenoxy) is 2. The highest BCUT2D eigenvalue weighted by Crippen LogP contribution is 2.66. The van der Waals surface area contributed by atoms with E-state index in [2.05, 4.69) is 155 Å². The van der Waals surface area contributed by atoms with Crippen molar-refractivity contribution in [2.45, 2.75) is 5.41 Å². The number of rotatable bonds is 4. The van der Waals surface area contributed by atoms with Crippen molar-refractivity contribution < 1.29 is 9.47 Å². The molecular weight excluding hydrogens is 849 g/mol. The Morgan fingerprint density at radius 3 is 2.00 bits per heavy atom. The number of benzene rings is 8.